The van der Waals surface area contributed by atoms with Crippen LogP contribution in [-0.2, 0) is 54.8 Å². The highest BCUT2D eigenvalue weighted by Gasteiger charge is 2.51. The minimum Gasteiger partial charge on any atom is -0.445 e. The molecule has 0 saturated carbocycles. The Labute approximate surface area is 284 Å². The maximum Gasteiger partial charge on any atom is 0.265 e. The zero-order valence-electron chi connectivity index (χ0n) is 25.1. The topological polar surface area (TPSA) is 79.2 Å². The Morgan fingerprint density at radius 1 is 0.565 bits per heavy atom. The van der Waals surface area contributed by atoms with Gasteiger partial charge in [0.15, 0.2) is 0 Å². The summed E-state index contributed by atoms with van der Waals surface area (Å²) in [6, 6.07) is 39.2. The van der Waals surface area contributed by atoms with Crippen molar-refractivity contribution in [3.8, 4) is 0 Å². The molecule has 0 spiro atoms. The molecular formula is C36H36Cl3NO6. The number of ether oxygens (including phenoxy) is 6. The SMILES string of the molecule is N=C(OC1O[C@H](COCc2ccccc2)[C@@H](OCc2ccccc2)[C@H](OCc2ccccc2)[C@@H]1OCc1ccccc1)C(Cl)(Cl)Cl. The number of alkyl halides is 3. The Balaban J connectivity index is 1.46. The molecule has 1 fully saturated rings. The van der Waals surface area contributed by atoms with E-state index in [1.807, 2.05) is 121 Å². The summed E-state index contributed by atoms with van der Waals surface area (Å²) in [5, 5.41) is 8.37. The molecule has 4 aromatic rings. The Kier molecular flexibility index (Phi) is 12.9. The molecule has 46 heavy (non-hydrogen) atoms. The minimum atomic E-state index is -2.12. The predicted octanol–water partition coefficient (Wildman–Crippen LogP) is 8.05. The third-order valence-electron chi connectivity index (χ3n) is 7.33. The molecule has 1 aliphatic heterocycles. The Morgan fingerprint density at radius 2 is 0.957 bits per heavy atom. The first-order valence-electron chi connectivity index (χ1n) is 14.9. The summed E-state index contributed by atoms with van der Waals surface area (Å²) in [5.74, 6) is -0.606. The minimum absolute atomic E-state index is 0.131. The van der Waals surface area contributed by atoms with Gasteiger partial charge < -0.3 is 28.4 Å². The van der Waals surface area contributed by atoms with Crippen molar-refractivity contribution < 1.29 is 28.4 Å². The van der Waals surface area contributed by atoms with Crippen LogP contribution < -0.4 is 0 Å². The van der Waals surface area contributed by atoms with Crippen LogP contribution in [0.4, 0.5) is 0 Å². The molecule has 0 aromatic heterocycles. The molecule has 1 heterocycles. The standard InChI is InChI=1S/C36H36Cl3NO6/c37-36(38,39)35(40)46-34-33(44-24-29-19-11-4-12-20-29)32(43-23-28-17-9-3-10-18-28)31(42-22-27-15-7-2-8-16-27)30(45-34)25-41-21-26-13-5-1-6-14-26/h1-20,30-34,40H,21-25H2/t30-,31-,32+,33+,34?/m1/s1. The molecule has 1 N–H and O–H groups in total. The van der Waals surface area contributed by atoms with E-state index < -0.39 is 40.4 Å². The van der Waals surface area contributed by atoms with E-state index >= 15 is 0 Å². The number of rotatable bonds is 14. The van der Waals surface area contributed by atoms with Crippen LogP contribution >= 0.6 is 34.8 Å². The molecule has 0 aliphatic carbocycles. The fourth-order valence-corrected chi connectivity index (χ4v) is 5.16. The fraction of sp³-hybridized carbons (Fsp3) is 0.306. The molecule has 10 heteroatoms. The van der Waals surface area contributed by atoms with E-state index in [2.05, 4.69) is 0 Å². The lowest BCUT2D eigenvalue weighted by Gasteiger charge is -2.46. The molecule has 5 atom stereocenters. The van der Waals surface area contributed by atoms with Crippen LogP contribution in [0.2, 0.25) is 0 Å². The largest absolute Gasteiger partial charge is 0.445 e. The lowest BCUT2D eigenvalue weighted by molar-refractivity contribution is -0.313. The van der Waals surface area contributed by atoms with Gasteiger partial charge >= 0.3 is 0 Å². The van der Waals surface area contributed by atoms with E-state index in [0.717, 1.165) is 22.3 Å². The van der Waals surface area contributed by atoms with E-state index in [9.17, 15) is 0 Å². The van der Waals surface area contributed by atoms with Gasteiger partial charge in [0.2, 0.25) is 12.2 Å². The molecule has 7 nitrogen and oxygen atoms in total. The monoisotopic (exact) mass is 683 g/mol. The van der Waals surface area contributed by atoms with Crippen molar-refractivity contribution in [1.29, 1.82) is 5.41 Å². The summed E-state index contributed by atoms with van der Waals surface area (Å²) in [6.07, 6.45) is -4.17. The van der Waals surface area contributed by atoms with Gasteiger partial charge in [0.25, 0.3) is 3.79 Å². The molecular weight excluding hydrogens is 649 g/mol. The highest BCUT2D eigenvalue weighted by molar-refractivity contribution is 6.76. The van der Waals surface area contributed by atoms with Crippen LogP contribution in [0.3, 0.4) is 0 Å². The molecule has 0 bridgehead atoms. The van der Waals surface area contributed by atoms with E-state index in [1.54, 1.807) is 0 Å². The summed E-state index contributed by atoms with van der Waals surface area (Å²) < 4.78 is 36.1. The Morgan fingerprint density at radius 3 is 1.39 bits per heavy atom. The van der Waals surface area contributed by atoms with Crippen LogP contribution in [0, 0.1) is 5.41 Å². The summed E-state index contributed by atoms with van der Waals surface area (Å²) in [5.41, 5.74) is 3.87. The van der Waals surface area contributed by atoms with E-state index in [0.29, 0.717) is 6.61 Å². The first-order chi connectivity index (χ1) is 22.4. The van der Waals surface area contributed by atoms with E-state index in [4.69, 9.17) is 68.6 Å². The van der Waals surface area contributed by atoms with Crippen molar-refractivity contribution >= 4 is 40.7 Å². The number of halogens is 3. The third-order valence-corrected chi connectivity index (χ3v) is 7.85. The van der Waals surface area contributed by atoms with Gasteiger partial charge in [-0.2, -0.15) is 0 Å². The van der Waals surface area contributed by atoms with E-state index in [1.165, 1.54) is 0 Å². The highest BCUT2D eigenvalue weighted by Crippen LogP contribution is 2.34. The van der Waals surface area contributed by atoms with Crippen molar-refractivity contribution in [2.45, 2.75) is 60.9 Å². The second-order valence-electron chi connectivity index (χ2n) is 10.8. The van der Waals surface area contributed by atoms with E-state index in [-0.39, 0.29) is 26.4 Å². The van der Waals surface area contributed by atoms with Crippen LogP contribution in [0.1, 0.15) is 22.3 Å². The summed E-state index contributed by atoms with van der Waals surface area (Å²) in [7, 11) is 0. The number of hydrogen-bond acceptors (Lipinski definition) is 7. The quantitative estimate of drug-likeness (QED) is 0.0823. The van der Waals surface area contributed by atoms with Crippen LogP contribution in [-0.4, -0.2) is 47.0 Å². The summed E-state index contributed by atoms with van der Waals surface area (Å²) in [6.45, 7) is 1.24. The van der Waals surface area contributed by atoms with Crippen LogP contribution in [0.25, 0.3) is 0 Å². The van der Waals surface area contributed by atoms with Crippen molar-refractivity contribution in [3.63, 3.8) is 0 Å². The predicted molar refractivity (Wildman–Crippen MR) is 179 cm³/mol. The summed E-state index contributed by atoms with van der Waals surface area (Å²) >= 11 is 18.1. The average molecular weight is 685 g/mol. The average Bonchev–Trinajstić information content (AvgIpc) is 3.07. The van der Waals surface area contributed by atoms with Gasteiger partial charge in [-0.3, -0.25) is 5.41 Å². The van der Waals surface area contributed by atoms with Gasteiger partial charge in [0.05, 0.1) is 33.0 Å². The zero-order chi connectivity index (χ0) is 32.2. The maximum atomic E-state index is 8.37. The smallest absolute Gasteiger partial charge is 0.265 e. The summed E-state index contributed by atoms with van der Waals surface area (Å²) in [4.78, 5) is 0. The molecule has 1 aliphatic rings. The van der Waals surface area contributed by atoms with Crippen LogP contribution in [0.5, 0.6) is 0 Å². The zero-order valence-corrected chi connectivity index (χ0v) is 27.3. The van der Waals surface area contributed by atoms with Gasteiger partial charge in [0.1, 0.15) is 24.4 Å². The number of benzene rings is 4. The molecule has 1 unspecified atom stereocenters. The van der Waals surface area contributed by atoms with Gasteiger partial charge in [-0.25, -0.2) is 0 Å². The molecule has 1 saturated heterocycles. The molecule has 0 amide bonds. The van der Waals surface area contributed by atoms with Crippen molar-refractivity contribution in [2.75, 3.05) is 6.61 Å². The molecule has 0 radical (unpaired) electrons. The molecule has 242 valence electrons. The van der Waals surface area contributed by atoms with Gasteiger partial charge in [0, 0.05) is 0 Å². The number of hydrogen-bond donors (Lipinski definition) is 1. The highest BCUT2D eigenvalue weighted by atomic mass is 35.6. The Hall–Kier alpha value is -2.98. The van der Waals surface area contributed by atoms with Crippen LogP contribution in [0.15, 0.2) is 121 Å². The maximum absolute atomic E-state index is 8.37. The second-order valence-corrected chi connectivity index (χ2v) is 13.1. The molecule has 5 rings (SSSR count). The van der Waals surface area contributed by atoms with Gasteiger partial charge in [-0.1, -0.05) is 156 Å². The van der Waals surface area contributed by atoms with Crippen molar-refractivity contribution in [2.24, 2.45) is 0 Å². The normalized spacial score (nSPS) is 21.5. The van der Waals surface area contributed by atoms with Crippen molar-refractivity contribution in [1.82, 2.24) is 0 Å². The third kappa shape index (κ3) is 10.3. The van der Waals surface area contributed by atoms with Gasteiger partial charge in [-0.15, -0.1) is 0 Å². The second kappa shape index (κ2) is 17.3. The number of nitrogens with one attached hydrogen (secondary N) is 1. The first-order valence-corrected chi connectivity index (χ1v) is 16.1. The molecule has 4 aromatic carbocycles. The van der Waals surface area contributed by atoms with Gasteiger partial charge in [-0.05, 0) is 22.3 Å². The lowest BCUT2D eigenvalue weighted by Crippen LogP contribution is -2.62. The fourth-order valence-electron chi connectivity index (χ4n) is 5.02. The Bertz CT molecular complexity index is 1460. The first kappa shape index (κ1) is 34.4. The lowest BCUT2D eigenvalue weighted by atomic mass is 9.97. The van der Waals surface area contributed by atoms with Crippen molar-refractivity contribution in [3.05, 3.63) is 144 Å².